The standard InChI is InChI=1S/C36H49NO5.C29H37NO4.C25H27O2P.C4H8O/c1-9-23(2)33(24(3)15-14-16-25(4)35(40)42-36(6,7)8)37-34(39)26(5)21-32(38)41-22-31-29-19-12-10-17-27(29)28-18-11-13-20-30(28)31;1-5-19(2)28(20(3)11-10-16-31)30-29(33)21(4)17-27(32)34-18-26-24-14-8-6-12-22(24)23-13-7-9-15-25(23)26;1-20(24(26)27-25(2,3)4)28(21-14-8-5-9-15-21,22-16-10-6-11-17-22)23-18-12-7-13-19-23;1-2-4-5-3-1/h10-13,16-20,23-24,26,31,33H,9,14-15,21-22H2,1-8H3,(H,37,39);6-9,12-16,19-21,26,28H,5,10-11,17-18H2,1-4H3,(H,30,33);5-19H,1-4H3;1-4H2/b25-16+;;;/t23-,24-,26-,33+;19-,20-,21-,28+;;/m00../s1. The second kappa shape index (κ2) is 42.3. The number of hydrogen-bond acceptors (Lipinski definition) is 12. The maximum Gasteiger partial charge on any atom is 0.335 e. The molecular weight excluding hydrogens is 1380 g/mol. The zero-order chi connectivity index (χ0) is 79.4. The minimum Gasteiger partial charge on any atom is -0.465 e. The summed E-state index contributed by atoms with van der Waals surface area (Å²) in [6, 6.07) is 63.9. The first kappa shape index (κ1) is 87.3. The quantitative estimate of drug-likeness (QED) is 0.0149. The molecule has 1 saturated heterocycles. The van der Waals surface area contributed by atoms with Gasteiger partial charge in [0, 0.05) is 66.3 Å². The summed E-state index contributed by atoms with van der Waals surface area (Å²) in [4.78, 5) is 87.9. The van der Waals surface area contributed by atoms with E-state index in [0.717, 1.165) is 66.4 Å². The van der Waals surface area contributed by atoms with Gasteiger partial charge in [-0.05, 0) is 178 Å². The Bertz CT molecular complexity index is 3990. The number of hydrogen-bond donors (Lipinski definition) is 2. The van der Waals surface area contributed by atoms with Gasteiger partial charge in [0.1, 0.15) is 30.7 Å². The molecule has 109 heavy (non-hydrogen) atoms. The first-order valence-corrected chi connectivity index (χ1v) is 41.2. The van der Waals surface area contributed by atoms with Crippen molar-refractivity contribution in [2.75, 3.05) is 26.4 Å². The van der Waals surface area contributed by atoms with Gasteiger partial charge in [0.15, 0.2) is 0 Å². The van der Waals surface area contributed by atoms with E-state index < -0.39 is 29.9 Å². The number of carbonyl (C=O) groups excluding carboxylic acids is 7. The molecule has 0 spiro atoms. The van der Waals surface area contributed by atoms with Crippen LogP contribution in [0.3, 0.4) is 0 Å². The van der Waals surface area contributed by atoms with Gasteiger partial charge in [-0.15, -0.1) is 0 Å². The molecule has 3 aliphatic rings. The highest BCUT2D eigenvalue weighted by Crippen LogP contribution is 2.48. The molecule has 2 amide bonds. The van der Waals surface area contributed by atoms with E-state index in [9.17, 15) is 33.6 Å². The first-order valence-electron chi connectivity index (χ1n) is 39.4. The molecular formula is C94H121N2O12P. The van der Waals surface area contributed by atoms with Crippen molar-refractivity contribution in [1.82, 2.24) is 10.6 Å². The number of rotatable bonds is 29. The van der Waals surface area contributed by atoms with E-state index in [0.29, 0.717) is 18.4 Å². The Morgan fingerprint density at radius 3 is 1.09 bits per heavy atom. The molecule has 15 heteroatoms. The second-order valence-corrected chi connectivity index (χ2v) is 35.2. The lowest BCUT2D eigenvalue weighted by Gasteiger charge is -2.32. The lowest BCUT2D eigenvalue weighted by molar-refractivity contribution is -0.150. The summed E-state index contributed by atoms with van der Waals surface area (Å²) in [5.74, 6) is -1.61. The number of ether oxygens (including phenoxy) is 5. The highest BCUT2D eigenvalue weighted by Gasteiger charge is 2.36. The maximum atomic E-state index is 13.3. The molecule has 1 aliphatic heterocycles. The average Bonchev–Trinajstić information content (AvgIpc) is 1.73. The van der Waals surface area contributed by atoms with E-state index >= 15 is 0 Å². The van der Waals surface area contributed by atoms with E-state index in [4.69, 9.17) is 23.7 Å². The van der Waals surface area contributed by atoms with Crippen molar-refractivity contribution in [1.29, 1.82) is 0 Å². The molecule has 1 heterocycles. The number of esters is 4. The van der Waals surface area contributed by atoms with E-state index in [1.807, 2.05) is 158 Å². The van der Waals surface area contributed by atoms with Crippen molar-refractivity contribution < 1.29 is 57.2 Å². The maximum absolute atomic E-state index is 13.3. The third-order valence-corrected chi connectivity index (χ3v) is 25.3. The minimum atomic E-state index is -2.34. The van der Waals surface area contributed by atoms with Crippen LogP contribution in [0.15, 0.2) is 200 Å². The SMILES string of the molecule is C1CCOC1.CC(C(=O)OC(C)(C)C)=P(c1ccccc1)(c1ccccc1)c1ccccc1.CC[C@H](C)[C@@H](NC(=O)[C@@H](C)CC(=O)OCC1c2ccccc2-c2ccccc21)[C@@H](C)CC/C=C(\C)C(=O)OC(C)(C)C.CC[C@H](C)[C@@H](NC(=O)[C@@H](C)CC(=O)OCC1c2ccccc2-c2ccccc21)[C@@H](C)CCC=O. The molecule has 8 atom stereocenters. The van der Waals surface area contributed by atoms with Crippen LogP contribution in [0.25, 0.3) is 22.3 Å². The highest BCUT2D eigenvalue weighted by molar-refractivity contribution is 7.96. The van der Waals surface area contributed by atoms with Gasteiger partial charge in [0.25, 0.3) is 0 Å². The van der Waals surface area contributed by atoms with Crippen molar-refractivity contribution in [2.24, 2.45) is 35.5 Å². The first-order chi connectivity index (χ1) is 52.0. The molecule has 7 aromatic carbocycles. The largest absolute Gasteiger partial charge is 0.465 e. The van der Waals surface area contributed by atoms with Crippen LogP contribution in [0, 0.1) is 35.5 Å². The van der Waals surface area contributed by atoms with E-state index in [1.165, 1.54) is 57.3 Å². The van der Waals surface area contributed by atoms with Crippen LogP contribution in [0.1, 0.15) is 209 Å². The Morgan fingerprint density at radius 1 is 0.459 bits per heavy atom. The summed E-state index contributed by atoms with van der Waals surface area (Å²) in [6.07, 6.45) is 10.1. The fraction of sp³-hybridized carbons (Fsp3) is 0.447. The third kappa shape index (κ3) is 24.8. The Morgan fingerprint density at radius 2 is 0.780 bits per heavy atom. The number of aldehydes is 1. The van der Waals surface area contributed by atoms with Crippen molar-refractivity contribution in [3.05, 3.63) is 222 Å². The zero-order valence-corrected chi connectivity index (χ0v) is 68.5. The monoisotopic (exact) mass is 1500 g/mol. The average molecular weight is 1500 g/mol. The minimum absolute atomic E-state index is 0.00544. The summed E-state index contributed by atoms with van der Waals surface area (Å²) >= 11 is 0. The van der Waals surface area contributed by atoms with Crippen LogP contribution in [-0.4, -0.2) is 97.0 Å². The Kier molecular flexibility index (Phi) is 33.8. The predicted octanol–water partition coefficient (Wildman–Crippen LogP) is 18.4. The molecule has 14 nitrogen and oxygen atoms in total. The molecule has 10 rings (SSSR count). The van der Waals surface area contributed by atoms with Crippen molar-refractivity contribution in [2.45, 2.75) is 210 Å². The van der Waals surface area contributed by atoms with Crippen LogP contribution in [-0.2, 0) is 57.2 Å². The number of amides is 2. The van der Waals surface area contributed by atoms with Crippen LogP contribution in [0.2, 0.25) is 0 Å². The van der Waals surface area contributed by atoms with Crippen LogP contribution in [0.5, 0.6) is 0 Å². The molecule has 0 bridgehead atoms. The summed E-state index contributed by atoms with van der Waals surface area (Å²) in [5, 5.41) is 10.6. The van der Waals surface area contributed by atoms with E-state index in [-0.39, 0.29) is 109 Å². The van der Waals surface area contributed by atoms with Gasteiger partial charge in [-0.2, -0.15) is 0 Å². The van der Waals surface area contributed by atoms with Gasteiger partial charge in [0.05, 0.1) is 12.8 Å². The third-order valence-electron chi connectivity index (χ3n) is 20.9. The topological polar surface area (TPSA) is 190 Å². The van der Waals surface area contributed by atoms with Gasteiger partial charge in [-0.1, -0.05) is 262 Å². The van der Waals surface area contributed by atoms with Gasteiger partial charge in [-0.3, -0.25) is 19.2 Å². The lowest BCUT2D eigenvalue weighted by atomic mass is 9.85. The zero-order valence-electron chi connectivity index (χ0n) is 67.6. The van der Waals surface area contributed by atoms with Crippen LogP contribution >= 0.6 is 6.89 Å². The fourth-order valence-corrected chi connectivity index (χ4v) is 18.8. The van der Waals surface area contributed by atoms with Crippen molar-refractivity contribution >= 4 is 70.1 Å². The number of carbonyl (C=O) groups is 7. The summed E-state index contributed by atoms with van der Waals surface area (Å²) in [6.45, 7) is 31.4. The van der Waals surface area contributed by atoms with Crippen molar-refractivity contribution in [3.8, 4) is 22.3 Å². The molecule has 2 N–H and O–H groups in total. The molecule has 0 unspecified atom stereocenters. The second-order valence-electron chi connectivity index (χ2n) is 31.6. The molecule has 0 aromatic heterocycles. The lowest BCUT2D eigenvalue weighted by Crippen LogP contribution is -2.46. The Balaban J connectivity index is 0.000000224. The fourth-order valence-electron chi connectivity index (χ4n) is 14.5. The summed E-state index contributed by atoms with van der Waals surface area (Å²) in [7, 11) is 0. The van der Waals surface area contributed by atoms with Crippen LogP contribution < -0.4 is 26.5 Å². The number of allylic oxidation sites excluding steroid dienone is 1. The van der Waals surface area contributed by atoms with E-state index in [1.54, 1.807) is 20.8 Å². The van der Waals surface area contributed by atoms with Gasteiger partial charge < -0.3 is 39.1 Å². The molecule has 1 fully saturated rings. The van der Waals surface area contributed by atoms with Gasteiger partial charge >= 0.3 is 23.9 Å². The van der Waals surface area contributed by atoms with Gasteiger partial charge in [0.2, 0.25) is 11.8 Å². The smallest absolute Gasteiger partial charge is 0.335 e. The molecule has 7 aromatic rings. The Labute approximate surface area is 650 Å². The predicted molar refractivity (Wildman–Crippen MR) is 444 cm³/mol. The van der Waals surface area contributed by atoms with Gasteiger partial charge in [-0.25, -0.2) is 9.59 Å². The van der Waals surface area contributed by atoms with Crippen molar-refractivity contribution in [3.63, 3.8) is 0 Å². The highest BCUT2D eigenvalue weighted by atomic mass is 31.2. The normalized spacial score (nSPS) is 15.3. The molecule has 584 valence electrons. The van der Waals surface area contributed by atoms with E-state index in [2.05, 4.69) is 137 Å². The number of fused-ring (bicyclic) bond motifs is 6. The molecule has 0 radical (unpaired) electrons. The molecule has 0 saturated carbocycles. The molecule has 2 aliphatic carbocycles. The summed E-state index contributed by atoms with van der Waals surface area (Å²) < 4.78 is 27.6. The van der Waals surface area contributed by atoms with Crippen LogP contribution in [0.4, 0.5) is 0 Å². The number of benzene rings is 7. The Hall–Kier alpha value is -8.97. The summed E-state index contributed by atoms with van der Waals surface area (Å²) in [5.41, 5.74) is 8.94. The number of nitrogens with one attached hydrogen (secondary N) is 2.